The van der Waals surface area contributed by atoms with Crippen LogP contribution in [-0.4, -0.2) is 11.2 Å². The number of hydrogen-bond donors (Lipinski definition) is 0. The van der Waals surface area contributed by atoms with Crippen molar-refractivity contribution in [1.29, 1.82) is 0 Å². The molecule has 0 saturated heterocycles. The van der Waals surface area contributed by atoms with E-state index < -0.39 is 0 Å². The molecule has 0 saturated carbocycles. The highest BCUT2D eigenvalue weighted by molar-refractivity contribution is 7.98. The number of thioether (sulfide) groups is 1. The van der Waals surface area contributed by atoms with Crippen molar-refractivity contribution in [3.05, 3.63) is 23.5 Å². The molecule has 0 fully saturated rings. The van der Waals surface area contributed by atoms with Gasteiger partial charge in [-0.1, -0.05) is 11.6 Å². The van der Waals surface area contributed by atoms with Gasteiger partial charge in [0, 0.05) is 11.1 Å². The molecule has 3 heteroatoms. The Kier molecular flexibility index (Phi) is 2.37. The van der Waals surface area contributed by atoms with Crippen molar-refractivity contribution >= 4 is 23.4 Å². The van der Waals surface area contributed by atoms with Gasteiger partial charge < -0.3 is 0 Å². The molecule has 0 aliphatic rings. The minimum atomic E-state index is 0.588. The summed E-state index contributed by atoms with van der Waals surface area (Å²) < 4.78 is 0. The minimum Gasteiger partial charge on any atom is -0.243 e. The van der Waals surface area contributed by atoms with Crippen molar-refractivity contribution in [1.82, 2.24) is 4.98 Å². The first kappa shape index (κ1) is 6.90. The largest absolute Gasteiger partial charge is 0.243 e. The monoisotopic (exact) mass is 159 g/mol. The van der Waals surface area contributed by atoms with E-state index in [0.29, 0.717) is 5.15 Å². The van der Waals surface area contributed by atoms with Crippen molar-refractivity contribution in [2.45, 2.75) is 4.90 Å². The molecule has 0 aromatic carbocycles. The third-order valence-corrected chi connectivity index (χ3v) is 2.13. The topological polar surface area (TPSA) is 12.9 Å². The van der Waals surface area contributed by atoms with Crippen LogP contribution in [0.5, 0.6) is 0 Å². The van der Waals surface area contributed by atoms with Crippen LogP contribution in [0.15, 0.2) is 23.2 Å². The van der Waals surface area contributed by atoms with E-state index in [0.717, 1.165) is 4.90 Å². The Labute approximate surface area is 63.4 Å². The van der Waals surface area contributed by atoms with Crippen LogP contribution in [0.3, 0.4) is 0 Å². The Morgan fingerprint density at radius 3 is 2.89 bits per heavy atom. The SMILES string of the molecule is CSc1cccnc1Cl. The molecule has 1 heterocycles. The molecule has 0 radical (unpaired) electrons. The van der Waals surface area contributed by atoms with Crippen molar-refractivity contribution in [3.8, 4) is 0 Å². The molecule has 0 spiro atoms. The second kappa shape index (κ2) is 3.08. The van der Waals surface area contributed by atoms with E-state index in [9.17, 15) is 0 Å². The van der Waals surface area contributed by atoms with Gasteiger partial charge in [-0.05, 0) is 18.4 Å². The first-order valence-corrected chi connectivity index (χ1v) is 4.09. The fourth-order valence-corrected chi connectivity index (χ4v) is 1.31. The maximum Gasteiger partial charge on any atom is 0.142 e. The zero-order valence-electron chi connectivity index (χ0n) is 4.97. The lowest BCUT2D eigenvalue weighted by Crippen LogP contribution is -1.75. The molecule has 1 aromatic heterocycles. The van der Waals surface area contributed by atoms with Crippen LogP contribution in [0.1, 0.15) is 0 Å². The number of hydrogen-bond acceptors (Lipinski definition) is 2. The van der Waals surface area contributed by atoms with Gasteiger partial charge in [-0.15, -0.1) is 11.8 Å². The fraction of sp³-hybridized carbons (Fsp3) is 0.167. The Bertz CT molecular complexity index is 202. The van der Waals surface area contributed by atoms with Crippen LogP contribution < -0.4 is 0 Å². The number of pyridine rings is 1. The zero-order chi connectivity index (χ0) is 6.69. The smallest absolute Gasteiger partial charge is 0.142 e. The van der Waals surface area contributed by atoms with Crippen LogP contribution in [0.2, 0.25) is 5.15 Å². The van der Waals surface area contributed by atoms with Crippen LogP contribution in [0, 0.1) is 0 Å². The number of aromatic nitrogens is 1. The third-order valence-electron chi connectivity index (χ3n) is 0.945. The standard InChI is InChI=1S/C6H6ClNS/c1-9-5-3-2-4-8-6(5)7/h2-4H,1H3. The van der Waals surface area contributed by atoms with Crippen LogP contribution in [0.4, 0.5) is 0 Å². The molecule has 0 amide bonds. The lowest BCUT2D eigenvalue weighted by Gasteiger charge is -1.94. The van der Waals surface area contributed by atoms with Gasteiger partial charge in [-0.25, -0.2) is 4.98 Å². The average Bonchev–Trinajstić information content (AvgIpc) is 1.89. The molecule has 9 heavy (non-hydrogen) atoms. The van der Waals surface area contributed by atoms with Crippen LogP contribution in [-0.2, 0) is 0 Å². The van der Waals surface area contributed by atoms with Crippen molar-refractivity contribution < 1.29 is 0 Å². The summed E-state index contributed by atoms with van der Waals surface area (Å²) in [5.41, 5.74) is 0. The Hall–Kier alpha value is -0.210. The number of nitrogens with zero attached hydrogens (tertiary/aromatic N) is 1. The summed E-state index contributed by atoms with van der Waals surface area (Å²) in [5, 5.41) is 0.588. The molecular formula is C6H6ClNS. The molecule has 1 rings (SSSR count). The van der Waals surface area contributed by atoms with Crippen LogP contribution in [0.25, 0.3) is 0 Å². The first-order chi connectivity index (χ1) is 4.34. The maximum atomic E-state index is 5.69. The second-order valence-electron chi connectivity index (χ2n) is 1.50. The predicted octanol–water partition coefficient (Wildman–Crippen LogP) is 2.46. The summed E-state index contributed by atoms with van der Waals surface area (Å²) >= 11 is 7.29. The highest BCUT2D eigenvalue weighted by Gasteiger charge is 1.94. The van der Waals surface area contributed by atoms with Gasteiger partial charge in [0.15, 0.2) is 0 Å². The van der Waals surface area contributed by atoms with E-state index in [1.165, 1.54) is 0 Å². The molecular weight excluding hydrogens is 154 g/mol. The number of rotatable bonds is 1. The molecule has 0 bridgehead atoms. The Balaban J connectivity index is 3.01. The highest BCUT2D eigenvalue weighted by atomic mass is 35.5. The fourth-order valence-electron chi connectivity index (χ4n) is 0.524. The molecule has 1 aromatic rings. The summed E-state index contributed by atoms with van der Waals surface area (Å²) in [7, 11) is 0. The van der Waals surface area contributed by atoms with Crippen LogP contribution >= 0.6 is 23.4 Å². The molecule has 0 aliphatic heterocycles. The molecule has 0 aliphatic carbocycles. The van der Waals surface area contributed by atoms with Gasteiger partial charge in [0.25, 0.3) is 0 Å². The quantitative estimate of drug-likeness (QED) is 0.461. The summed E-state index contributed by atoms with van der Waals surface area (Å²) in [4.78, 5) is 4.92. The van der Waals surface area contributed by atoms with Gasteiger partial charge in [-0.2, -0.15) is 0 Å². The average molecular weight is 160 g/mol. The molecule has 48 valence electrons. The maximum absolute atomic E-state index is 5.69. The third kappa shape index (κ3) is 1.60. The molecule has 0 unspecified atom stereocenters. The lowest BCUT2D eigenvalue weighted by atomic mass is 10.5. The van der Waals surface area contributed by atoms with Crippen molar-refractivity contribution in [2.75, 3.05) is 6.26 Å². The van der Waals surface area contributed by atoms with Crippen molar-refractivity contribution in [2.24, 2.45) is 0 Å². The van der Waals surface area contributed by atoms with Gasteiger partial charge in [0.05, 0.1) is 0 Å². The molecule has 1 nitrogen and oxygen atoms in total. The Morgan fingerprint density at radius 1 is 1.67 bits per heavy atom. The van der Waals surface area contributed by atoms with E-state index >= 15 is 0 Å². The summed E-state index contributed by atoms with van der Waals surface area (Å²) in [6.07, 6.45) is 3.66. The van der Waals surface area contributed by atoms with E-state index in [2.05, 4.69) is 4.98 Å². The Morgan fingerprint density at radius 2 is 2.44 bits per heavy atom. The van der Waals surface area contributed by atoms with Gasteiger partial charge in [0.2, 0.25) is 0 Å². The zero-order valence-corrected chi connectivity index (χ0v) is 6.54. The van der Waals surface area contributed by atoms with Gasteiger partial charge in [-0.3, -0.25) is 0 Å². The molecule has 0 N–H and O–H groups in total. The van der Waals surface area contributed by atoms with Gasteiger partial charge in [0.1, 0.15) is 5.15 Å². The normalized spacial score (nSPS) is 9.56. The van der Waals surface area contributed by atoms with Gasteiger partial charge >= 0.3 is 0 Å². The number of halogens is 1. The summed E-state index contributed by atoms with van der Waals surface area (Å²) in [5.74, 6) is 0. The van der Waals surface area contributed by atoms with Crippen molar-refractivity contribution in [3.63, 3.8) is 0 Å². The summed E-state index contributed by atoms with van der Waals surface area (Å²) in [6.45, 7) is 0. The minimum absolute atomic E-state index is 0.588. The highest BCUT2D eigenvalue weighted by Crippen LogP contribution is 2.21. The lowest BCUT2D eigenvalue weighted by molar-refractivity contribution is 1.24. The second-order valence-corrected chi connectivity index (χ2v) is 2.70. The first-order valence-electron chi connectivity index (χ1n) is 2.49. The molecule has 0 atom stereocenters. The van der Waals surface area contributed by atoms with E-state index in [1.807, 2.05) is 18.4 Å². The predicted molar refractivity (Wildman–Crippen MR) is 41.0 cm³/mol. The van der Waals surface area contributed by atoms with E-state index in [-0.39, 0.29) is 0 Å². The summed E-state index contributed by atoms with van der Waals surface area (Å²) in [6, 6.07) is 3.82. The van der Waals surface area contributed by atoms with E-state index in [1.54, 1.807) is 18.0 Å². The van der Waals surface area contributed by atoms with E-state index in [4.69, 9.17) is 11.6 Å².